The molecule has 0 saturated carbocycles. The van der Waals surface area contributed by atoms with Crippen LogP contribution in [0.5, 0.6) is 0 Å². The number of carbonyl (C=O) groups excluding carboxylic acids is 1. The molecule has 1 heterocycles. The van der Waals surface area contributed by atoms with Gasteiger partial charge in [0.1, 0.15) is 0 Å². The second kappa shape index (κ2) is 4.01. The molecule has 0 bridgehead atoms. The van der Waals surface area contributed by atoms with Crippen molar-refractivity contribution in [2.45, 2.75) is 32.6 Å². The summed E-state index contributed by atoms with van der Waals surface area (Å²) in [7, 11) is 0. The molecule has 0 N–H and O–H groups in total. The third-order valence-corrected chi connectivity index (χ3v) is 1.60. The summed E-state index contributed by atoms with van der Waals surface area (Å²) in [6.45, 7) is 2.15. The fourth-order valence-electron chi connectivity index (χ4n) is 0.987. The molecule has 0 saturated heterocycles. The molecule has 3 heteroatoms. The molecule has 0 aliphatic carbocycles. The molecule has 1 aliphatic heterocycles. The summed E-state index contributed by atoms with van der Waals surface area (Å²) >= 11 is 0. The van der Waals surface area contributed by atoms with Crippen molar-refractivity contribution in [3.05, 3.63) is 0 Å². The number of hydrogen-bond donors (Lipinski definition) is 0. The van der Waals surface area contributed by atoms with E-state index in [1.807, 2.05) is 0 Å². The maximum absolute atomic E-state index is 10.5. The minimum Gasteiger partial charge on any atom is -0.244 e. The fourth-order valence-corrected chi connectivity index (χ4v) is 0.987. The summed E-state index contributed by atoms with van der Waals surface area (Å²) < 4.78 is 0. The lowest BCUT2D eigenvalue weighted by atomic mass is 10.1. The summed E-state index contributed by atoms with van der Waals surface area (Å²) in [5.74, 6) is 0. The Morgan fingerprint density at radius 3 is 2.82 bits per heavy atom. The summed E-state index contributed by atoms with van der Waals surface area (Å²) in [6, 6.07) is -0.350. The van der Waals surface area contributed by atoms with Crippen molar-refractivity contribution in [3.8, 4) is 0 Å². The van der Waals surface area contributed by atoms with Gasteiger partial charge in [-0.25, -0.2) is 4.79 Å². The third-order valence-electron chi connectivity index (χ3n) is 1.60. The molecule has 0 atom stereocenters. The average Bonchev–Trinajstić information content (AvgIpc) is 2.37. The molecular weight excluding hydrogens is 140 g/mol. The molecular formula is C8H12N2O. The largest absolute Gasteiger partial charge is 0.367 e. The van der Waals surface area contributed by atoms with Crippen LogP contribution < -0.4 is 0 Å². The first-order valence-electron chi connectivity index (χ1n) is 3.98. The van der Waals surface area contributed by atoms with Gasteiger partial charge in [0.15, 0.2) is 0 Å². The van der Waals surface area contributed by atoms with Crippen molar-refractivity contribution in [2.75, 3.05) is 0 Å². The van der Waals surface area contributed by atoms with Gasteiger partial charge in [0.05, 0.1) is 11.9 Å². The van der Waals surface area contributed by atoms with Crippen LogP contribution in [0.15, 0.2) is 9.98 Å². The quantitative estimate of drug-likeness (QED) is 0.569. The van der Waals surface area contributed by atoms with Crippen LogP contribution in [0.25, 0.3) is 0 Å². The zero-order chi connectivity index (χ0) is 8.10. The van der Waals surface area contributed by atoms with Crippen molar-refractivity contribution >= 4 is 18.0 Å². The molecule has 3 nitrogen and oxygen atoms in total. The highest BCUT2D eigenvalue weighted by molar-refractivity contribution is 6.37. The Hall–Kier alpha value is -0.990. The maximum atomic E-state index is 10.5. The zero-order valence-corrected chi connectivity index (χ0v) is 6.71. The molecule has 1 aliphatic rings. The number of carbonyl (C=O) groups is 1. The lowest BCUT2D eigenvalue weighted by Gasteiger charge is -1.93. The van der Waals surface area contributed by atoms with Crippen molar-refractivity contribution in [1.82, 2.24) is 0 Å². The van der Waals surface area contributed by atoms with Gasteiger partial charge in [0, 0.05) is 0 Å². The summed E-state index contributed by atoms with van der Waals surface area (Å²) in [6.07, 6.45) is 5.95. The lowest BCUT2D eigenvalue weighted by Crippen LogP contribution is -1.95. The van der Waals surface area contributed by atoms with Gasteiger partial charge >= 0.3 is 6.03 Å². The molecule has 0 aromatic rings. The van der Waals surface area contributed by atoms with E-state index in [1.54, 1.807) is 6.21 Å². The smallest absolute Gasteiger partial charge is 0.244 e. The topological polar surface area (TPSA) is 41.8 Å². The van der Waals surface area contributed by atoms with Crippen LogP contribution in [0.3, 0.4) is 0 Å². The highest BCUT2D eigenvalue weighted by Crippen LogP contribution is 2.03. The van der Waals surface area contributed by atoms with E-state index in [1.165, 1.54) is 12.8 Å². The molecule has 60 valence electrons. The third kappa shape index (κ3) is 2.62. The average molecular weight is 152 g/mol. The van der Waals surface area contributed by atoms with E-state index in [-0.39, 0.29) is 6.03 Å². The molecule has 0 spiro atoms. The number of amides is 2. The van der Waals surface area contributed by atoms with E-state index in [9.17, 15) is 4.79 Å². The molecule has 0 aromatic carbocycles. The number of hydrogen-bond acceptors (Lipinski definition) is 1. The Bertz CT molecular complexity index is 206. The first-order valence-corrected chi connectivity index (χ1v) is 3.98. The summed E-state index contributed by atoms with van der Waals surface area (Å²) in [5.41, 5.74) is 0.837. The van der Waals surface area contributed by atoms with Crippen LogP contribution in [-0.2, 0) is 0 Å². The van der Waals surface area contributed by atoms with Crippen LogP contribution in [0.4, 0.5) is 4.79 Å². The lowest BCUT2D eigenvalue weighted by molar-refractivity contribution is 0.257. The Kier molecular flexibility index (Phi) is 2.95. The van der Waals surface area contributed by atoms with Gasteiger partial charge in [-0.3, -0.25) is 0 Å². The van der Waals surface area contributed by atoms with Crippen LogP contribution >= 0.6 is 0 Å². The van der Waals surface area contributed by atoms with E-state index in [2.05, 4.69) is 16.9 Å². The highest BCUT2D eigenvalue weighted by atomic mass is 16.2. The van der Waals surface area contributed by atoms with E-state index >= 15 is 0 Å². The number of urea groups is 1. The van der Waals surface area contributed by atoms with E-state index in [4.69, 9.17) is 0 Å². The van der Waals surface area contributed by atoms with Crippen molar-refractivity contribution in [3.63, 3.8) is 0 Å². The van der Waals surface area contributed by atoms with Crippen LogP contribution in [0, 0.1) is 0 Å². The second-order valence-electron chi connectivity index (χ2n) is 2.60. The zero-order valence-electron chi connectivity index (χ0n) is 6.71. The number of aliphatic imine (C=N–C) groups is 2. The van der Waals surface area contributed by atoms with Crippen LogP contribution in [-0.4, -0.2) is 18.0 Å². The van der Waals surface area contributed by atoms with Gasteiger partial charge in [-0.2, -0.15) is 9.98 Å². The standard InChI is InChI=1S/C8H12N2O/c1-2-3-4-5-7-6-9-8(11)10-7/h6H,2-5H2,1H3. The molecule has 1 rings (SSSR count). The van der Waals surface area contributed by atoms with Gasteiger partial charge in [0.25, 0.3) is 0 Å². The number of rotatable bonds is 4. The van der Waals surface area contributed by atoms with Crippen LogP contribution in [0.2, 0.25) is 0 Å². The summed E-state index contributed by atoms with van der Waals surface area (Å²) in [4.78, 5) is 17.7. The summed E-state index contributed by atoms with van der Waals surface area (Å²) in [5, 5.41) is 0. The van der Waals surface area contributed by atoms with Crippen molar-refractivity contribution in [2.24, 2.45) is 9.98 Å². The maximum Gasteiger partial charge on any atom is 0.367 e. The normalized spacial score (nSPS) is 15.7. The first kappa shape index (κ1) is 8.11. The Morgan fingerprint density at radius 2 is 2.27 bits per heavy atom. The van der Waals surface area contributed by atoms with Gasteiger partial charge in [-0.1, -0.05) is 19.8 Å². The van der Waals surface area contributed by atoms with Gasteiger partial charge in [0.2, 0.25) is 0 Å². The molecule has 2 amide bonds. The molecule has 0 radical (unpaired) electrons. The minimum atomic E-state index is -0.350. The Morgan fingerprint density at radius 1 is 1.45 bits per heavy atom. The Balaban J connectivity index is 2.23. The molecule has 11 heavy (non-hydrogen) atoms. The van der Waals surface area contributed by atoms with Crippen LogP contribution in [0.1, 0.15) is 32.6 Å². The van der Waals surface area contributed by atoms with Crippen molar-refractivity contribution < 1.29 is 4.79 Å². The minimum absolute atomic E-state index is 0.350. The molecule has 0 unspecified atom stereocenters. The molecule has 0 fully saturated rings. The van der Waals surface area contributed by atoms with Gasteiger partial charge in [-0.15, -0.1) is 0 Å². The van der Waals surface area contributed by atoms with E-state index in [0.717, 1.165) is 18.6 Å². The number of nitrogens with zero attached hydrogens (tertiary/aromatic N) is 2. The fraction of sp³-hybridized carbons (Fsp3) is 0.625. The van der Waals surface area contributed by atoms with Crippen molar-refractivity contribution in [1.29, 1.82) is 0 Å². The van der Waals surface area contributed by atoms with Gasteiger partial charge < -0.3 is 0 Å². The molecule has 0 aromatic heterocycles. The monoisotopic (exact) mass is 152 g/mol. The second-order valence-corrected chi connectivity index (χ2v) is 2.60. The SMILES string of the molecule is CCCCCC1=NC(=O)N=C1. The van der Waals surface area contributed by atoms with E-state index < -0.39 is 0 Å². The predicted molar refractivity (Wildman–Crippen MR) is 45.5 cm³/mol. The van der Waals surface area contributed by atoms with Gasteiger partial charge in [-0.05, 0) is 12.8 Å². The van der Waals surface area contributed by atoms with E-state index in [0.29, 0.717) is 0 Å². The predicted octanol–water partition coefficient (Wildman–Crippen LogP) is 2.21. The Labute approximate surface area is 66.2 Å². The highest BCUT2D eigenvalue weighted by Gasteiger charge is 2.06. The first-order chi connectivity index (χ1) is 5.33. The number of unbranched alkanes of at least 4 members (excludes halogenated alkanes) is 2.